The molecular formula is C20H23N5O2. The number of ether oxygens (including phenoxy) is 1. The highest BCUT2D eigenvalue weighted by Crippen LogP contribution is 2.26. The largest absolute Gasteiger partial charge is 0.481 e. The molecule has 0 unspecified atom stereocenters. The first-order valence-corrected chi connectivity index (χ1v) is 8.60. The van der Waals surface area contributed by atoms with Crippen LogP contribution >= 0.6 is 0 Å². The Morgan fingerprint density at radius 2 is 1.74 bits per heavy atom. The van der Waals surface area contributed by atoms with Gasteiger partial charge in [0.1, 0.15) is 0 Å². The number of anilines is 2. The minimum absolute atomic E-state index is 0.214. The Kier molecular flexibility index (Phi) is 4.94. The molecule has 0 saturated heterocycles. The standard InChI is InChI=1S/C20H23N5O2/c1-12-13(2)21-20(22-18(12)27-6)25-19(26)17(14(3)23-25)11-15-7-9-16(10-8-15)24(4)5/h7-11H,1-6H3/b17-11+. The quantitative estimate of drug-likeness (QED) is 0.779. The molecular weight excluding hydrogens is 342 g/mol. The maximum atomic E-state index is 12.9. The van der Waals surface area contributed by atoms with Gasteiger partial charge in [0.2, 0.25) is 5.88 Å². The lowest BCUT2D eigenvalue weighted by Crippen LogP contribution is -2.24. The number of aryl methyl sites for hydroxylation is 1. The van der Waals surface area contributed by atoms with E-state index in [1.54, 1.807) is 14.0 Å². The molecule has 140 valence electrons. The molecule has 0 atom stereocenters. The maximum absolute atomic E-state index is 12.9. The molecule has 1 aliphatic rings. The van der Waals surface area contributed by atoms with Crippen LogP contribution in [0.4, 0.5) is 11.6 Å². The lowest BCUT2D eigenvalue weighted by atomic mass is 10.1. The fraction of sp³-hybridized carbons (Fsp3) is 0.300. The van der Waals surface area contributed by atoms with Crippen LogP contribution in [0.5, 0.6) is 5.88 Å². The fourth-order valence-electron chi connectivity index (χ4n) is 2.74. The van der Waals surface area contributed by atoms with Crippen LogP contribution in [0, 0.1) is 13.8 Å². The minimum Gasteiger partial charge on any atom is -0.481 e. The van der Waals surface area contributed by atoms with E-state index in [4.69, 9.17) is 4.74 Å². The summed E-state index contributed by atoms with van der Waals surface area (Å²) in [6.45, 7) is 5.53. The highest BCUT2D eigenvalue weighted by molar-refractivity contribution is 6.31. The number of carbonyl (C=O) groups excluding carboxylic acids is 1. The Morgan fingerprint density at radius 3 is 2.33 bits per heavy atom. The molecule has 1 amide bonds. The molecule has 2 aromatic rings. The second-order valence-corrected chi connectivity index (χ2v) is 6.59. The molecule has 0 N–H and O–H groups in total. The van der Waals surface area contributed by atoms with E-state index in [-0.39, 0.29) is 11.9 Å². The summed E-state index contributed by atoms with van der Waals surface area (Å²) in [5.41, 5.74) is 4.75. The van der Waals surface area contributed by atoms with E-state index in [9.17, 15) is 4.79 Å². The first kappa shape index (κ1) is 18.6. The van der Waals surface area contributed by atoms with Crippen LogP contribution < -0.4 is 14.6 Å². The van der Waals surface area contributed by atoms with Crippen molar-refractivity contribution >= 4 is 29.3 Å². The van der Waals surface area contributed by atoms with E-state index in [2.05, 4.69) is 15.1 Å². The van der Waals surface area contributed by atoms with Gasteiger partial charge < -0.3 is 9.64 Å². The fourth-order valence-corrected chi connectivity index (χ4v) is 2.74. The summed E-state index contributed by atoms with van der Waals surface area (Å²) in [6, 6.07) is 7.96. The summed E-state index contributed by atoms with van der Waals surface area (Å²) < 4.78 is 5.28. The van der Waals surface area contributed by atoms with Crippen LogP contribution in [0.25, 0.3) is 6.08 Å². The number of rotatable bonds is 4. The minimum atomic E-state index is -0.255. The van der Waals surface area contributed by atoms with Gasteiger partial charge in [-0.2, -0.15) is 15.1 Å². The van der Waals surface area contributed by atoms with Gasteiger partial charge in [0, 0.05) is 31.0 Å². The van der Waals surface area contributed by atoms with Crippen molar-refractivity contribution in [3.63, 3.8) is 0 Å². The molecule has 1 aromatic heterocycles. The zero-order valence-corrected chi connectivity index (χ0v) is 16.4. The van der Waals surface area contributed by atoms with Crippen LogP contribution in [-0.4, -0.2) is 42.8 Å². The molecule has 0 fully saturated rings. The summed E-state index contributed by atoms with van der Waals surface area (Å²) in [6.07, 6.45) is 1.83. The molecule has 1 aromatic carbocycles. The number of carbonyl (C=O) groups is 1. The Balaban J connectivity index is 1.93. The third-order valence-electron chi connectivity index (χ3n) is 4.50. The van der Waals surface area contributed by atoms with Gasteiger partial charge in [0.05, 0.1) is 18.4 Å². The molecule has 7 heteroatoms. The predicted molar refractivity (Wildman–Crippen MR) is 107 cm³/mol. The van der Waals surface area contributed by atoms with Crippen molar-refractivity contribution in [1.82, 2.24) is 9.97 Å². The van der Waals surface area contributed by atoms with Crippen molar-refractivity contribution in [2.45, 2.75) is 20.8 Å². The second-order valence-electron chi connectivity index (χ2n) is 6.59. The van der Waals surface area contributed by atoms with E-state index in [0.717, 1.165) is 22.5 Å². The number of hydrazone groups is 1. The number of hydrogen-bond acceptors (Lipinski definition) is 6. The van der Waals surface area contributed by atoms with Gasteiger partial charge >= 0.3 is 0 Å². The monoisotopic (exact) mass is 365 g/mol. The van der Waals surface area contributed by atoms with Crippen LogP contribution in [0.1, 0.15) is 23.7 Å². The Bertz CT molecular complexity index is 946. The van der Waals surface area contributed by atoms with Crippen LogP contribution in [0.2, 0.25) is 0 Å². The summed E-state index contributed by atoms with van der Waals surface area (Å²) in [4.78, 5) is 23.6. The number of amides is 1. The highest BCUT2D eigenvalue weighted by atomic mass is 16.5. The summed E-state index contributed by atoms with van der Waals surface area (Å²) in [5, 5.41) is 5.58. The normalized spacial score (nSPS) is 15.3. The molecule has 0 bridgehead atoms. The van der Waals surface area contributed by atoms with E-state index in [0.29, 0.717) is 17.2 Å². The van der Waals surface area contributed by atoms with Gasteiger partial charge in [-0.15, -0.1) is 0 Å². The van der Waals surface area contributed by atoms with Gasteiger partial charge in [-0.25, -0.2) is 4.98 Å². The van der Waals surface area contributed by atoms with E-state index >= 15 is 0 Å². The molecule has 1 aliphatic heterocycles. The van der Waals surface area contributed by atoms with Crippen molar-refractivity contribution in [3.05, 3.63) is 46.7 Å². The molecule has 3 rings (SSSR count). The average molecular weight is 365 g/mol. The third-order valence-corrected chi connectivity index (χ3v) is 4.50. The lowest BCUT2D eigenvalue weighted by molar-refractivity contribution is -0.114. The molecule has 27 heavy (non-hydrogen) atoms. The van der Waals surface area contributed by atoms with Crippen molar-refractivity contribution in [2.24, 2.45) is 5.10 Å². The predicted octanol–water partition coefficient (Wildman–Crippen LogP) is 2.97. The Hall–Kier alpha value is -3.22. The van der Waals surface area contributed by atoms with Crippen LogP contribution in [0.15, 0.2) is 34.9 Å². The van der Waals surface area contributed by atoms with E-state index in [1.807, 2.05) is 63.2 Å². The zero-order valence-electron chi connectivity index (χ0n) is 16.4. The van der Waals surface area contributed by atoms with Gasteiger partial charge in [0.25, 0.3) is 11.9 Å². The highest BCUT2D eigenvalue weighted by Gasteiger charge is 2.31. The number of hydrogen-bond donors (Lipinski definition) is 0. The second kappa shape index (κ2) is 7.19. The van der Waals surface area contributed by atoms with Crippen molar-refractivity contribution < 1.29 is 9.53 Å². The summed E-state index contributed by atoms with van der Waals surface area (Å²) >= 11 is 0. The van der Waals surface area contributed by atoms with E-state index < -0.39 is 0 Å². The molecule has 7 nitrogen and oxygen atoms in total. The van der Waals surface area contributed by atoms with Gasteiger partial charge in [-0.3, -0.25) is 4.79 Å². The molecule has 2 heterocycles. The molecule has 0 spiro atoms. The van der Waals surface area contributed by atoms with Gasteiger partial charge in [0.15, 0.2) is 0 Å². The SMILES string of the molecule is COc1nc(N2N=C(C)/C(=C\c3ccc(N(C)C)cc3)C2=O)nc(C)c1C. The first-order valence-electron chi connectivity index (χ1n) is 8.60. The number of nitrogens with zero attached hydrogens (tertiary/aromatic N) is 5. The molecule has 0 saturated carbocycles. The van der Waals surface area contributed by atoms with Crippen LogP contribution in [0.3, 0.4) is 0 Å². The maximum Gasteiger partial charge on any atom is 0.283 e. The number of aromatic nitrogens is 2. The van der Waals surface area contributed by atoms with Crippen molar-refractivity contribution in [2.75, 3.05) is 31.1 Å². The van der Waals surface area contributed by atoms with Crippen molar-refractivity contribution in [3.8, 4) is 5.88 Å². The van der Waals surface area contributed by atoms with Crippen molar-refractivity contribution in [1.29, 1.82) is 0 Å². The molecule has 0 aliphatic carbocycles. The topological polar surface area (TPSA) is 70.9 Å². The third kappa shape index (κ3) is 3.53. The Morgan fingerprint density at radius 1 is 1.07 bits per heavy atom. The smallest absolute Gasteiger partial charge is 0.283 e. The summed E-state index contributed by atoms with van der Waals surface area (Å²) in [7, 11) is 5.52. The average Bonchev–Trinajstić information content (AvgIpc) is 2.92. The van der Waals surface area contributed by atoms with E-state index in [1.165, 1.54) is 5.01 Å². The number of methoxy groups -OCH3 is 1. The van der Waals surface area contributed by atoms with Crippen LogP contribution in [-0.2, 0) is 4.79 Å². The lowest BCUT2D eigenvalue weighted by Gasteiger charge is -2.13. The first-order chi connectivity index (χ1) is 12.8. The van der Waals surface area contributed by atoms with Gasteiger partial charge in [-0.05, 0) is 44.5 Å². The zero-order chi connectivity index (χ0) is 19.7. The molecule has 0 radical (unpaired) electrons. The summed E-state index contributed by atoms with van der Waals surface area (Å²) in [5.74, 6) is 0.398. The Labute approximate surface area is 159 Å². The number of benzene rings is 1. The van der Waals surface area contributed by atoms with Gasteiger partial charge in [-0.1, -0.05) is 12.1 Å².